The third-order valence-electron chi connectivity index (χ3n) is 2.37. The summed E-state index contributed by atoms with van der Waals surface area (Å²) in [6.45, 7) is 2.05. The molecule has 0 spiro atoms. The third kappa shape index (κ3) is 2.87. The second kappa shape index (κ2) is 5.64. The summed E-state index contributed by atoms with van der Waals surface area (Å²) in [7, 11) is 1.36. The molecular weight excluding hydrogens is 250 g/mol. The van der Waals surface area contributed by atoms with Crippen LogP contribution in [0.2, 0.25) is 0 Å². The second-order valence-corrected chi connectivity index (χ2v) is 4.40. The lowest BCUT2D eigenvalue weighted by Crippen LogP contribution is -2.00. The SMILES string of the molecule is CCc1csc(Oc2ccc(C(=O)OC)cc2)n1. The quantitative estimate of drug-likeness (QED) is 0.794. The lowest BCUT2D eigenvalue weighted by molar-refractivity contribution is 0.0600. The Balaban J connectivity index is 2.08. The van der Waals surface area contributed by atoms with Crippen molar-refractivity contribution in [2.75, 3.05) is 7.11 Å². The molecule has 94 valence electrons. The van der Waals surface area contributed by atoms with Gasteiger partial charge in [0, 0.05) is 5.38 Å². The number of aryl methyl sites for hydroxylation is 1. The Morgan fingerprint density at radius 2 is 2.06 bits per heavy atom. The van der Waals surface area contributed by atoms with Gasteiger partial charge in [0.2, 0.25) is 0 Å². The van der Waals surface area contributed by atoms with Gasteiger partial charge in [-0.05, 0) is 30.7 Å². The lowest BCUT2D eigenvalue weighted by Gasteiger charge is -2.02. The molecule has 4 nitrogen and oxygen atoms in total. The predicted molar refractivity (Wildman–Crippen MR) is 69.3 cm³/mol. The fourth-order valence-electron chi connectivity index (χ4n) is 1.38. The average Bonchev–Trinajstić information content (AvgIpc) is 2.86. The van der Waals surface area contributed by atoms with E-state index < -0.39 is 0 Å². The van der Waals surface area contributed by atoms with Crippen LogP contribution in [-0.4, -0.2) is 18.1 Å². The number of methoxy groups -OCH3 is 1. The van der Waals surface area contributed by atoms with Gasteiger partial charge in [0.25, 0.3) is 5.19 Å². The number of rotatable bonds is 4. The molecule has 0 unspecified atom stereocenters. The van der Waals surface area contributed by atoms with E-state index in [4.69, 9.17) is 4.74 Å². The maximum absolute atomic E-state index is 11.3. The summed E-state index contributed by atoms with van der Waals surface area (Å²) in [5.41, 5.74) is 1.51. The number of hydrogen-bond acceptors (Lipinski definition) is 5. The molecule has 2 aromatic rings. The molecule has 0 bridgehead atoms. The smallest absolute Gasteiger partial charge is 0.337 e. The summed E-state index contributed by atoms with van der Waals surface area (Å²) >= 11 is 1.46. The zero-order chi connectivity index (χ0) is 13.0. The number of hydrogen-bond donors (Lipinski definition) is 0. The fourth-order valence-corrected chi connectivity index (χ4v) is 2.15. The molecule has 0 fully saturated rings. The van der Waals surface area contributed by atoms with Crippen molar-refractivity contribution in [1.82, 2.24) is 4.98 Å². The highest BCUT2D eigenvalue weighted by Gasteiger charge is 2.06. The molecule has 0 radical (unpaired) electrons. The number of thiazole rings is 1. The van der Waals surface area contributed by atoms with E-state index in [-0.39, 0.29) is 5.97 Å². The third-order valence-corrected chi connectivity index (χ3v) is 3.14. The normalized spacial score (nSPS) is 10.1. The van der Waals surface area contributed by atoms with E-state index >= 15 is 0 Å². The number of ether oxygens (including phenoxy) is 2. The molecule has 0 saturated heterocycles. The van der Waals surface area contributed by atoms with Gasteiger partial charge >= 0.3 is 5.97 Å². The van der Waals surface area contributed by atoms with Crippen molar-refractivity contribution < 1.29 is 14.3 Å². The van der Waals surface area contributed by atoms with Crippen LogP contribution in [0.1, 0.15) is 23.0 Å². The van der Waals surface area contributed by atoms with Gasteiger partial charge in [-0.2, -0.15) is 0 Å². The van der Waals surface area contributed by atoms with Crippen LogP contribution in [0.25, 0.3) is 0 Å². The van der Waals surface area contributed by atoms with Crippen LogP contribution in [0.15, 0.2) is 29.6 Å². The zero-order valence-corrected chi connectivity index (χ0v) is 11.0. The van der Waals surface area contributed by atoms with Crippen LogP contribution < -0.4 is 4.74 Å². The highest BCUT2D eigenvalue weighted by molar-refractivity contribution is 7.11. The highest BCUT2D eigenvalue weighted by Crippen LogP contribution is 2.25. The summed E-state index contributed by atoms with van der Waals surface area (Å²) in [5.74, 6) is 0.295. The minimum Gasteiger partial charge on any atom is -0.465 e. The molecule has 0 aliphatic heterocycles. The van der Waals surface area contributed by atoms with Crippen LogP contribution in [0, 0.1) is 0 Å². The van der Waals surface area contributed by atoms with Crippen molar-refractivity contribution in [2.45, 2.75) is 13.3 Å². The Morgan fingerprint density at radius 3 is 2.61 bits per heavy atom. The van der Waals surface area contributed by atoms with Crippen LogP contribution in [0.5, 0.6) is 10.9 Å². The predicted octanol–water partition coefficient (Wildman–Crippen LogP) is 3.28. The molecule has 18 heavy (non-hydrogen) atoms. The first-order valence-electron chi connectivity index (χ1n) is 5.53. The van der Waals surface area contributed by atoms with Crippen molar-refractivity contribution in [3.05, 3.63) is 40.9 Å². The maximum Gasteiger partial charge on any atom is 0.337 e. The van der Waals surface area contributed by atoms with Gasteiger partial charge in [0.15, 0.2) is 0 Å². The van der Waals surface area contributed by atoms with Gasteiger partial charge in [-0.1, -0.05) is 18.3 Å². The Kier molecular flexibility index (Phi) is 3.94. The zero-order valence-electron chi connectivity index (χ0n) is 10.2. The first-order chi connectivity index (χ1) is 8.72. The van der Waals surface area contributed by atoms with Crippen molar-refractivity contribution in [2.24, 2.45) is 0 Å². The summed E-state index contributed by atoms with van der Waals surface area (Å²) in [6.07, 6.45) is 0.890. The molecule has 0 aliphatic rings. The van der Waals surface area contributed by atoms with Gasteiger partial charge in [0.05, 0.1) is 18.4 Å². The molecular formula is C13H13NO3S. The summed E-state index contributed by atoms with van der Waals surface area (Å²) in [5, 5.41) is 2.58. The first kappa shape index (κ1) is 12.6. The van der Waals surface area contributed by atoms with Gasteiger partial charge in [-0.3, -0.25) is 0 Å². The molecule has 0 N–H and O–H groups in total. The molecule has 1 aromatic carbocycles. The average molecular weight is 263 g/mol. The molecule has 1 heterocycles. The van der Waals surface area contributed by atoms with E-state index in [9.17, 15) is 4.79 Å². The van der Waals surface area contributed by atoms with Crippen molar-refractivity contribution in [1.29, 1.82) is 0 Å². The van der Waals surface area contributed by atoms with Crippen molar-refractivity contribution in [3.63, 3.8) is 0 Å². The molecule has 2 rings (SSSR count). The van der Waals surface area contributed by atoms with E-state index in [1.807, 2.05) is 12.3 Å². The Hall–Kier alpha value is -1.88. The maximum atomic E-state index is 11.3. The van der Waals surface area contributed by atoms with Crippen LogP contribution in [0.4, 0.5) is 0 Å². The lowest BCUT2D eigenvalue weighted by atomic mass is 10.2. The molecule has 1 aromatic heterocycles. The van der Waals surface area contributed by atoms with Gasteiger partial charge in [0.1, 0.15) is 5.75 Å². The number of aromatic nitrogens is 1. The second-order valence-electron chi connectivity index (χ2n) is 3.58. The molecule has 5 heteroatoms. The van der Waals surface area contributed by atoms with E-state index in [1.54, 1.807) is 24.3 Å². The Morgan fingerprint density at radius 1 is 1.33 bits per heavy atom. The molecule has 0 atom stereocenters. The van der Waals surface area contributed by atoms with Gasteiger partial charge < -0.3 is 9.47 Å². The highest BCUT2D eigenvalue weighted by atomic mass is 32.1. The van der Waals surface area contributed by atoms with Crippen LogP contribution >= 0.6 is 11.3 Å². The van der Waals surface area contributed by atoms with E-state index in [0.717, 1.165) is 12.1 Å². The monoisotopic (exact) mass is 263 g/mol. The number of esters is 1. The molecule has 0 amide bonds. The molecule has 0 aliphatic carbocycles. The summed E-state index contributed by atoms with van der Waals surface area (Å²) < 4.78 is 10.2. The van der Waals surface area contributed by atoms with Gasteiger partial charge in [-0.25, -0.2) is 9.78 Å². The van der Waals surface area contributed by atoms with Gasteiger partial charge in [-0.15, -0.1) is 0 Å². The number of carbonyl (C=O) groups is 1. The Labute approximate surface area is 109 Å². The van der Waals surface area contributed by atoms with E-state index in [0.29, 0.717) is 16.5 Å². The minimum atomic E-state index is -0.357. The molecule has 0 saturated carbocycles. The van der Waals surface area contributed by atoms with Crippen LogP contribution in [0.3, 0.4) is 0 Å². The Bertz CT molecular complexity index is 533. The van der Waals surface area contributed by atoms with Crippen LogP contribution in [-0.2, 0) is 11.2 Å². The first-order valence-corrected chi connectivity index (χ1v) is 6.41. The van der Waals surface area contributed by atoms with Crippen molar-refractivity contribution >= 4 is 17.3 Å². The summed E-state index contributed by atoms with van der Waals surface area (Å²) in [6, 6.07) is 6.77. The fraction of sp³-hybridized carbons (Fsp3) is 0.231. The minimum absolute atomic E-state index is 0.357. The van der Waals surface area contributed by atoms with E-state index in [2.05, 4.69) is 9.72 Å². The van der Waals surface area contributed by atoms with E-state index in [1.165, 1.54) is 18.4 Å². The number of carbonyl (C=O) groups excluding carboxylic acids is 1. The number of benzene rings is 1. The summed E-state index contributed by atoms with van der Waals surface area (Å²) in [4.78, 5) is 15.6. The standard InChI is InChI=1S/C13H13NO3S/c1-3-10-8-18-13(14-10)17-11-6-4-9(5-7-11)12(15)16-2/h4-8H,3H2,1-2H3. The topological polar surface area (TPSA) is 48.4 Å². The largest absolute Gasteiger partial charge is 0.465 e. The van der Waals surface area contributed by atoms with Crippen molar-refractivity contribution in [3.8, 4) is 10.9 Å². The number of nitrogens with zero attached hydrogens (tertiary/aromatic N) is 1.